The Morgan fingerprint density at radius 2 is 2.04 bits per heavy atom. The van der Waals surface area contributed by atoms with Gasteiger partial charge < -0.3 is 19.9 Å². The molecule has 0 radical (unpaired) electrons. The SMILES string of the molecule is CC(C)(C(=O)Nc1cccc2c1OCC[C@H]2O)N1CCOCC1. The minimum Gasteiger partial charge on any atom is -0.491 e. The van der Waals surface area contributed by atoms with Crippen molar-refractivity contribution in [1.82, 2.24) is 4.90 Å². The molecule has 1 fully saturated rings. The summed E-state index contributed by atoms with van der Waals surface area (Å²) in [6, 6.07) is 5.47. The van der Waals surface area contributed by atoms with E-state index in [1.54, 1.807) is 0 Å². The van der Waals surface area contributed by atoms with E-state index in [1.165, 1.54) is 0 Å². The molecule has 0 bridgehead atoms. The van der Waals surface area contributed by atoms with E-state index >= 15 is 0 Å². The number of hydrogen-bond donors (Lipinski definition) is 2. The average molecular weight is 320 g/mol. The lowest BCUT2D eigenvalue weighted by Crippen LogP contribution is -2.56. The summed E-state index contributed by atoms with van der Waals surface area (Å²) in [7, 11) is 0. The van der Waals surface area contributed by atoms with Crippen LogP contribution in [0, 0.1) is 0 Å². The Morgan fingerprint density at radius 3 is 2.78 bits per heavy atom. The second kappa shape index (κ2) is 6.47. The Morgan fingerprint density at radius 1 is 1.30 bits per heavy atom. The van der Waals surface area contributed by atoms with Gasteiger partial charge in [-0.3, -0.25) is 9.69 Å². The van der Waals surface area contributed by atoms with Crippen LogP contribution in [-0.4, -0.2) is 54.4 Å². The molecule has 2 aliphatic rings. The number of carbonyl (C=O) groups is 1. The van der Waals surface area contributed by atoms with Crippen molar-refractivity contribution in [2.24, 2.45) is 0 Å². The first kappa shape index (κ1) is 16.2. The zero-order chi connectivity index (χ0) is 16.4. The highest BCUT2D eigenvalue weighted by Crippen LogP contribution is 2.38. The molecule has 1 atom stereocenters. The van der Waals surface area contributed by atoms with Crippen molar-refractivity contribution in [3.63, 3.8) is 0 Å². The number of carbonyl (C=O) groups excluding carboxylic acids is 1. The summed E-state index contributed by atoms with van der Waals surface area (Å²) in [4.78, 5) is 14.9. The van der Waals surface area contributed by atoms with Gasteiger partial charge in [0.2, 0.25) is 5.91 Å². The van der Waals surface area contributed by atoms with Crippen LogP contribution in [0.1, 0.15) is 31.9 Å². The molecule has 0 aromatic heterocycles. The van der Waals surface area contributed by atoms with E-state index in [2.05, 4.69) is 10.2 Å². The summed E-state index contributed by atoms with van der Waals surface area (Å²) in [6.45, 7) is 7.05. The number of nitrogens with zero attached hydrogens (tertiary/aromatic N) is 1. The predicted octanol–water partition coefficient (Wildman–Crippen LogP) is 1.55. The first-order valence-electron chi connectivity index (χ1n) is 8.08. The number of fused-ring (bicyclic) bond motifs is 1. The van der Waals surface area contributed by atoms with Crippen LogP contribution in [0.15, 0.2) is 18.2 Å². The summed E-state index contributed by atoms with van der Waals surface area (Å²) in [6.07, 6.45) is 0.0341. The molecule has 2 N–H and O–H groups in total. The summed E-state index contributed by atoms with van der Waals surface area (Å²) in [5, 5.41) is 13.0. The van der Waals surface area contributed by atoms with Crippen LogP contribution in [0.4, 0.5) is 5.69 Å². The Kier molecular flexibility index (Phi) is 4.57. The summed E-state index contributed by atoms with van der Waals surface area (Å²) >= 11 is 0. The number of aliphatic hydroxyl groups is 1. The molecule has 6 heteroatoms. The predicted molar refractivity (Wildman–Crippen MR) is 86.6 cm³/mol. The van der Waals surface area contributed by atoms with Gasteiger partial charge in [-0.15, -0.1) is 0 Å². The molecule has 1 amide bonds. The highest BCUT2D eigenvalue weighted by molar-refractivity contribution is 5.98. The first-order chi connectivity index (χ1) is 11.0. The van der Waals surface area contributed by atoms with Gasteiger partial charge in [0.25, 0.3) is 0 Å². The lowest BCUT2D eigenvalue weighted by Gasteiger charge is -2.39. The highest BCUT2D eigenvalue weighted by atomic mass is 16.5. The van der Waals surface area contributed by atoms with Crippen molar-refractivity contribution in [2.75, 3.05) is 38.2 Å². The van der Waals surface area contributed by atoms with Gasteiger partial charge in [-0.1, -0.05) is 12.1 Å². The second-order valence-corrected chi connectivity index (χ2v) is 6.49. The smallest absolute Gasteiger partial charge is 0.244 e. The van der Waals surface area contributed by atoms with Crippen LogP contribution >= 0.6 is 0 Å². The van der Waals surface area contributed by atoms with Gasteiger partial charge in [0.15, 0.2) is 0 Å². The van der Waals surface area contributed by atoms with Gasteiger partial charge in [-0.25, -0.2) is 0 Å². The van der Waals surface area contributed by atoms with Crippen LogP contribution in [0.3, 0.4) is 0 Å². The van der Waals surface area contributed by atoms with Gasteiger partial charge >= 0.3 is 0 Å². The topological polar surface area (TPSA) is 71.0 Å². The lowest BCUT2D eigenvalue weighted by atomic mass is 9.99. The number of hydrogen-bond acceptors (Lipinski definition) is 5. The molecule has 1 saturated heterocycles. The number of morpholine rings is 1. The first-order valence-corrected chi connectivity index (χ1v) is 8.08. The minimum absolute atomic E-state index is 0.0866. The van der Waals surface area contributed by atoms with Crippen LogP contribution in [0.25, 0.3) is 0 Å². The second-order valence-electron chi connectivity index (χ2n) is 6.49. The van der Waals surface area contributed by atoms with Crippen LogP contribution < -0.4 is 10.1 Å². The van der Waals surface area contributed by atoms with Gasteiger partial charge in [-0.2, -0.15) is 0 Å². The fraction of sp³-hybridized carbons (Fsp3) is 0.588. The van der Waals surface area contributed by atoms with Crippen molar-refractivity contribution >= 4 is 11.6 Å². The molecule has 6 nitrogen and oxygen atoms in total. The van der Waals surface area contributed by atoms with Crippen LogP contribution in [0.5, 0.6) is 5.75 Å². The number of aliphatic hydroxyl groups excluding tert-OH is 1. The average Bonchev–Trinajstić information content (AvgIpc) is 2.56. The number of rotatable bonds is 3. The Hall–Kier alpha value is -1.63. The summed E-state index contributed by atoms with van der Waals surface area (Å²) in [5.41, 5.74) is 0.714. The van der Waals surface area contributed by atoms with Crippen molar-refractivity contribution in [3.05, 3.63) is 23.8 Å². The molecule has 2 aliphatic heterocycles. The van der Waals surface area contributed by atoms with Crippen molar-refractivity contribution < 1.29 is 19.4 Å². The molecule has 0 unspecified atom stereocenters. The molecule has 0 spiro atoms. The largest absolute Gasteiger partial charge is 0.491 e. The van der Waals surface area contributed by atoms with Crippen LogP contribution in [0.2, 0.25) is 0 Å². The normalized spacial score (nSPS) is 22.1. The maximum atomic E-state index is 12.8. The number of para-hydroxylation sites is 1. The maximum absolute atomic E-state index is 12.8. The van der Waals surface area contributed by atoms with Crippen molar-refractivity contribution in [2.45, 2.75) is 31.9 Å². The Bertz CT molecular complexity index is 582. The molecule has 3 rings (SSSR count). The molecular weight excluding hydrogens is 296 g/mol. The maximum Gasteiger partial charge on any atom is 0.244 e. The van der Waals surface area contributed by atoms with E-state index in [-0.39, 0.29) is 5.91 Å². The van der Waals surface area contributed by atoms with E-state index < -0.39 is 11.6 Å². The number of nitrogens with one attached hydrogen (secondary N) is 1. The quantitative estimate of drug-likeness (QED) is 0.884. The van der Waals surface area contributed by atoms with Gasteiger partial charge in [0.1, 0.15) is 5.75 Å². The van der Waals surface area contributed by atoms with Crippen LogP contribution in [-0.2, 0) is 9.53 Å². The molecule has 1 aromatic carbocycles. The summed E-state index contributed by atoms with van der Waals surface area (Å²) in [5.74, 6) is 0.494. The fourth-order valence-corrected chi connectivity index (χ4v) is 3.05. The zero-order valence-electron chi connectivity index (χ0n) is 13.7. The van der Waals surface area contributed by atoms with E-state index in [0.717, 1.165) is 18.7 Å². The molecule has 1 aromatic rings. The minimum atomic E-state index is -0.639. The van der Waals surface area contributed by atoms with Crippen molar-refractivity contribution in [1.29, 1.82) is 0 Å². The molecule has 0 aliphatic carbocycles. The van der Waals surface area contributed by atoms with E-state index in [1.807, 2.05) is 32.0 Å². The third kappa shape index (κ3) is 3.20. The highest BCUT2D eigenvalue weighted by Gasteiger charge is 2.36. The number of anilines is 1. The number of benzene rings is 1. The number of ether oxygens (including phenoxy) is 2. The number of amides is 1. The molecule has 0 saturated carbocycles. The fourth-order valence-electron chi connectivity index (χ4n) is 3.05. The van der Waals surface area contributed by atoms with E-state index in [4.69, 9.17) is 9.47 Å². The zero-order valence-corrected chi connectivity index (χ0v) is 13.7. The monoisotopic (exact) mass is 320 g/mol. The molecule has 23 heavy (non-hydrogen) atoms. The van der Waals surface area contributed by atoms with Gasteiger partial charge in [0, 0.05) is 25.1 Å². The standard InChI is InChI=1S/C17H24N2O4/c1-17(2,19-7-10-22-11-8-19)16(21)18-13-5-3-4-12-14(20)6-9-23-15(12)13/h3-5,14,20H,6-11H2,1-2H3,(H,18,21)/t14-/m1/s1. The molecular formula is C17H24N2O4. The Labute approximate surface area is 136 Å². The lowest BCUT2D eigenvalue weighted by molar-refractivity contribution is -0.129. The summed E-state index contributed by atoms with van der Waals surface area (Å²) < 4.78 is 11.0. The Balaban J connectivity index is 1.79. The van der Waals surface area contributed by atoms with Gasteiger partial charge in [-0.05, 0) is 19.9 Å². The third-order valence-electron chi connectivity index (χ3n) is 4.65. The molecule has 2 heterocycles. The molecule has 126 valence electrons. The van der Waals surface area contributed by atoms with E-state index in [9.17, 15) is 9.90 Å². The van der Waals surface area contributed by atoms with E-state index in [0.29, 0.717) is 37.7 Å². The van der Waals surface area contributed by atoms with Crippen molar-refractivity contribution in [3.8, 4) is 5.75 Å². The van der Waals surface area contributed by atoms with Gasteiger partial charge in [0.05, 0.1) is 37.2 Å². The third-order valence-corrected chi connectivity index (χ3v) is 4.65.